The number of aliphatic hydroxyl groups is 1. The summed E-state index contributed by atoms with van der Waals surface area (Å²) in [7, 11) is 0. The quantitative estimate of drug-likeness (QED) is 0.317. The first-order chi connectivity index (χ1) is 3.81. The van der Waals surface area contributed by atoms with Gasteiger partial charge in [-0.3, -0.25) is 5.32 Å². The number of hydrogen-bond donors (Lipinski definition) is 4. The number of rotatable bonds is 4. The summed E-state index contributed by atoms with van der Waals surface area (Å²) in [6.45, 7) is 1.16. The molecule has 0 radical (unpaired) electrons. The van der Waals surface area contributed by atoms with E-state index >= 15 is 0 Å². The van der Waals surface area contributed by atoms with Gasteiger partial charge in [0, 0.05) is 13.1 Å². The highest BCUT2D eigenvalue weighted by Crippen LogP contribution is 1.63. The second kappa shape index (κ2) is 4.99. The lowest BCUT2D eigenvalue weighted by atomic mass is 10.5. The molecule has 0 aliphatic rings. The van der Waals surface area contributed by atoms with Crippen molar-refractivity contribution in [3.05, 3.63) is 0 Å². The predicted octanol–water partition coefficient (Wildman–Crippen LogP) is -2.19. The van der Waals surface area contributed by atoms with E-state index in [1.165, 1.54) is 0 Å². The average molecular weight is 119 g/mol. The molecule has 0 aromatic rings. The van der Waals surface area contributed by atoms with Gasteiger partial charge in [-0.2, -0.15) is 0 Å². The van der Waals surface area contributed by atoms with Crippen LogP contribution in [-0.4, -0.2) is 31.0 Å². The number of nitrogens with two attached hydrogens (primary N) is 2. The summed E-state index contributed by atoms with van der Waals surface area (Å²) >= 11 is 0. The maximum atomic E-state index is 8.33. The minimum Gasteiger partial charge on any atom is -0.393 e. The van der Waals surface area contributed by atoms with Crippen LogP contribution in [0.2, 0.25) is 0 Å². The topological polar surface area (TPSA) is 84.3 Å². The highest BCUT2D eigenvalue weighted by Gasteiger charge is 1.93. The second-order valence-corrected chi connectivity index (χ2v) is 1.53. The van der Waals surface area contributed by atoms with Crippen molar-refractivity contribution in [3.63, 3.8) is 0 Å². The van der Waals surface area contributed by atoms with Crippen molar-refractivity contribution >= 4 is 0 Å². The third-order valence-electron chi connectivity index (χ3n) is 0.748. The van der Waals surface area contributed by atoms with E-state index in [1.54, 1.807) is 0 Å². The third kappa shape index (κ3) is 4.01. The van der Waals surface area contributed by atoms with Gasteiger partial charge in [0.1, 0.15) is 0 Å². The lowest BCUT2D eigenvalue weighted by molar-refractivity contribution is 0.247. The van der Waals surface area contributed by atoms with Gasteiger partial charge >= 0.3 is 0 Å². The van der Waals surface area contributed by atoms with E-state index < -0.39 is 0 Å². The monoisotopic (exact) mass is 119 g/mol. The molecule has 0 amide bonds. The molecular weight excluding hydrogens is 106 g/mol. The van der Waals surface area contributed by atoms with Gasteiger partial charge in [0.2, 0.25) is 0 Å². The van der Waals surface area contributed by atoms with E-state index in [0.29, 0.717) is 13.1 Å². The van der Waals surface area contributed by atoms with Crippen LogP contribution in [0.1, 0.15) is 0 Å². The lowest BCUT2D eigenvalue weighted by Crippen LogP contribution is -2.42. The molecular formula is C4H13N3O. The van der Waals surface area contributed by atoms with Crippen molar-refractivity contribution in [1.82, 2.24) is 5.32 Å². The Morgan fingerprint density at radius 2 is 2.25 bits per heavy atom. The molecule has 0 aromatic carbocycles. The van der Waals surface area contributed by atoms with E-state index in [4.69, 9.17) is 16.6 Å². The Balaban J connectivity index is 2.86. The Bertz CT molecular complexity index is 50.5. The molecule has 4 nitrogen and oxygen atoms in total. The predicted molar refractivity (Wildman–Crippen MR) is 32.1 cm³/mol. The Kier molecular flexibility index (Phi) is 4.89. The van der Waals surface area contributed by atoms with Gasteiger partial charge in [-0.05, 0) is 0 Å². The number of nitrogens with one attached hydrogen (secondary N) is 1. The van der Waals surface area contributed by atoms with Gasteiger partial charge in [0.15, 0.2) is 0 Å². The fourth-order valence-electron chi connectivity index (χ4n) is 0.333. The minimum atomic E-state index is -0.321. The van der Waals surface area contributed by atoms with Crippen molar-refractivity contribution < 1.29 is 5.11 Å². The molecule has 1 atom stereocenters. The van der Waals surface area contributed by atoms with Crippen LogP contribution in [0.15, 0.2) is 0 Å². The molecule has 0 saturated heterocycles. The van der Waals surface area contributed by atoms with Gasteiger partial charge in [0.05, 0.1) is 12.8 Å². The Labute approximate surface area is 48.9 Å². The summed E-state index contributed by atoms with van der Waals surface area (Å²) in [5.74, 6) is 0. The summed E-state index contributed by atoms with van der Waals surface area (Å²) in [6, 6.07) is 0. The zero-order valence-corrected chi connectivity index (χ0v) is 4.80. The van der Waals surface area contributed by atoms with Crippen LogP contribution in [0.25, 0.3) is 0 Å². The minimum absolute atomic E-state index is 0.0417. The highest BCUT2D eigenvalue weighted by atomic mass is 16.3. The van der Waals surface area contributed by atoms with Crippen LogP contribution in [0.4, 0.5) is 0 Å². The summed E-state index contributed by atoms with van der Waals surface area (Å²) in [5, 5.41) is 11.1. The molecule has 4 heteroatoms. The molecule has 1 unspecified atom stereocenters. The average Bonchev–Trinajstić information content (AvgIpc) is 1.83. The molecule has 0 aliphatic heterocycles. The maximum Gasteiger partial charge on any atom is 0.0785 e. The largest absolute Gasteiger partial charge is 0.393 e. The first-order valence-corrected chi connectivity index (χ1v) is 2.61. The Morgan fingerprint density at radius 1 is 1.62 bits per heavy atom. The van der Waals surface area contributed by atoms with Gasteiger partial charge in [-0.1, -0.05) is 0 Å². The van der Waals surface area contributed by atoms with E-state index in [-0.39, 0.29) is 12.8 Å². The molecule has 0 fully saturated rings. The first-order valence-electron chi connectivity index (χ1n) is 2.61. The molecule has 0 bridgehead atoms. The normalized spacial score (nSPS) is 13.9. The third-order valence-corrected chi connectivity index (χ3v) is 0.748. The van der Waals surface area contributed by atoms with Gasteiger partial charge in [-0.25, -0.2) is 0 Å². The molecule has 0 aliphatic carbocycles. The number of aliphatic hydroxyl groups excluding tert-OH is 1. The molecule has 0 heterocycles. The molecule has 0 aromatic heterocycles. The standard InChI is InChI=1S/C4H13N3O/c5-1-2-7-4(6)3-8/h4,7-8H,1-3,5-6H2. The Morgan fingerprint density at radius 3 is 2.62 bits per heavy atom. The maximum absolute atomic E-state index is 8.33. The van der Waals surface area contributed by atoms with Crippen molar-refractivity contribution in [1.29, 1.82) is 0 Å². The van der Waals surface area contributed by atoms with Crippen molar-refractivity contribution in [2.24, 2.45) is 11.5 Å². The van der Waals surface area contributed by atoms with Gasteiger partial charge in [0.25, 0.3) is 0 Å². The molecule has 50 valence electrons. The lowest BCUT2D eigenvalue weighted by Gasteiger charge is -2.07. The van der Waals surface area contributed by atoms with E-state index in [9.17, 15) is 0 Å². The molecule has 0 saturated carbocycles. The second-order valence-electron chi connectivity index (χ2n) is 1.53. The summed E-state index contributed by atoms with van der Waals surface area (Å²) in [6.07, 6.45) is -0.321. The SMILES string of the molecule is NCCNC(N)CO. The first kappa shape index (κ1) is 7.84. The summed E-state index contributed by atoms with van der Waals surface area (Å²) in [5.41, 5.74) is 10.4. The molecule has 0 rings (SSSR count). The van der Waals surface area contributed by atoms with Crippen molar-refractivity contribution in [2.45, 2.75) is 6.17 Å². The van der Waals surface area contributed by atoms with E-state index in [2.05, 4.69) is 5.32 Å². The number of hydrogen-bond acceptors (Lipinski definition) is 4. The summed E-state index contributed by atoms with van der Waals surface area (Å²) < 4.78 is 0. The van der Waals surface area contributed by atoms with Gasteiger partial charge in [-0.15, -0.1) is 0 Å². The van der Waals surface area contributed by atoms with Crippen LogP contribution in [-0.2, 0) is 0 Å². The van der Waals surface area contributed by atoms with Crippen molar-refractivity contribution in [2.75, 3.05) is 19.7 Å². The molecule has 0 spiro atoms. The van der Waals surface area contributed by atoms with Crippen LogP contribution in [0.5, 0.6) is 0 Å². The van der Waals surface area contributed by atoms with E-state index in [0.717, 1.165) is 0 Å². The zero-order valence-electron chi connectivity index (χ0n) is 4.80. The smallest absolute Gasteiger partial charge is 0.0785 e. The van der Waals surface area contributed by atoms with Crippen LogP contribution in [0.3, 0.4) is 0 Å². The fourth-order valence-corrected chi connectivity index (χ4v) is 0.333. The fraction of sp³-hybridized carbons (Fsp3) is 1.00. The van der Waals surface area contributed by atoms with Crippen molar-refractivity contribution in [3.8, 4) is 0 Å². The summed E-state index contributed by atoms with van der Waals surface area (Å²) in [4.78, 5) is 0. The van der Waals surface area contributed by atoms with Gasteiger partial charge < -0.3 is 16.6 Å². The zero-order chi connectivity index (χ0) is 6.41. The molecule has 8 heavy (non-hydrogen) atoms. The van der Waals surface area contributed by atoms with Crippen LogP contribution in [0, 0.1) is 0 Å². The van der Waals surface area contributed by atoms with E-state index in [1.807, 2.05) is 0 Å². The Hall–Kier alpha value is -0.160. The van der Waals surface area contributed by atoms with Crippen LogP contribution < -0.4 is 16.8 Å². The highest BCUT2D eigenvalue weighted by molar-refractivity contribution is 4.54. The molecule has 6 N–H and O–H groups in total. The van der Waals surface area contributed by atoms with Crippen LogP contribution >= 0.6 is 0 Å².